The van der Waals surface area contributed by atoms with E-state index < -0.39 is 11.1 Å². The first-order chi connectivity index (χ1) is 9.68. The van der Waals surface area contributed by atoms with Gasteiger partial charge >= 0.3 is 11.1 Å². The Hall–Kier alpha value is -2.46. The second-order valence-corrected chi connectivity index (χ2v) is 4.22. The van der Waals surface area contributed by atoms with Crippen molar-refractivity contribution in [3.05, 3.63) is 66.2 Å². The molecule has 0 spiro atoms. The third-order valence-electron chi connectivity index (χ3n) is 2.48. The van der Waals surface area contributed by atoms with Gasteiger partial charge in [0.25, 0.3) is 0 Å². The molecule has 2 aromatic carbocycles. The van der Waals surface area contributed by atoms with E-state index in [2.05, 4.69) is 5.10 Å². The molecule has 0 unspecified atom stereocenters. The van der Waals surface area contributed by atoms with E-state index in [0.29, 0.717) is 5.69 Å². The average Bonchev–Trinajstić information content (AvgIpc) is 2.49. The van der Waals surface area contributed by atoms with Crippen molar-refractivity contribution in [1.29, 1.82) is 0 Å². The van der Waals surface area contributed by atoms with Crippen LogP contribution in [0.2, 0.25) is 0 Å². The number of benzene rings is 2. The molecule has 0 radical (unpaired) electrons. The molecule has 0 N–H and O–H groups in total. The number of carbonyl (C=O) groups is 2. The highest BCUT2D eigenvalue weighted by Crippen LogP contribution is 2.15. The van der Waals surface area contributed by atoms with Crippen LogP contribution in [0.3, 0.4) is 0 Å². The third kappa shape index (κ3) is 3.52. The summed E-state index contributed by atoms with van der Waals surface area (Å²) in [6, 6.07) is 17.9. The Morgan fingerprint density at radius 3 is 2.05 bits per heavy atom. The van der Waals surface area contributed by atoms with E-state index in [9.17, 15) is 9.59 Å². The van der Waals surface area contributed by atoms with Gasteiger partial charge in [-0.1, -0.05) is 48.5 Å². The molecule has 0 aliphatic heterocycles. The molecule has 4 nitrogen and oxygen atoms in total. The Morgan fingerprint density at radius 1 is 0.950 bits per heavy atom. The lowest BCUT2D eigenvalue weighted by Crippen LogP contribution is -2.30. The van der Waals surface area contributed by atoms with Crippen LogP contribution in [-0.4, -0.2) is 17.4 Å². The van der Waals surface area contributed by atoms with Gasteiger partial charge in [0.2, 0.25) is 0 Å². The highest BCUT2D eigenvalue weighted by atomic mass is 35.5. The van der Waals surface area contributed by atoms with Gasteiger partial charge in [0, 0.05) is 0 Å². The summed E-state index contributed by atoms with van der Waals surface area (Å²) in [5.74, 6) is -0.898. The van der Waals surface area contributed by atoms with E-state index in [1.807, 2.05) is 30.3 Å². The minimum atomic E-state index is -1.08. The average molecular weight is 287 g/mol. The fraction of sp³-hybridized carbons (Fsp3) is 0. The van der Waals surface area contributed by atoms with Crippen molar-refractivity contribution in [2.75, 3.05) is 5.01 Å². The summed E-state index contributed by atoms with van der Waals surface area (Å²) in [4.78, 5) is 22.9. The van der Waals surface area contributed by atoms with Crippen LogP contribution in [0, 0.1) is 0 Å². The molecule has 0 aliphatic carbocycles. The van der Waals surface area contributed by atoms with Crippen LogP contribution < -0.4 is 5.01 Å². The fourth-order valence-electron chi connectivity index (χ4n) is 1.55. The predicted octanol–water partition coefficient (Wildman–Crippen LogP) is 2.82. The highest BCUT2D eigenvalue weighted by molar-refractivity contribution is 6.82. The van der Waals surface area contributed by atoms with E-state index in [-0.39, 0.29) is 0 Å². The number of carbonyl (C=O) groups excluding carboxylic acids is 2. The zero-order chi connectivity index (χ0) is 14.4. The smallest absolute Gasteiger partial charge is 0.270 e. The minimum absolute atomic E-state index is 0.471. The molecule has 0 aliphatic rings. The van der Waals surface area contributed by atoms with Gasteiger partial charge in [-0.25, -0.2) is 0 Å². The largest absolute Gasteiger partial charge is 0.331 e. The van der Waals surface area contributed by atoms with Gasteiger partial charge in [-0.05, 0) is 29.3 Å². The van der Waals surface area contributed by atoms with Crippen molar-refractivity contribution in [1.82, 2.24) is 0 Å². The second-order valence-electron chi connectivity index (χ2n) is 3.88. The summed E-state index contributed by atoms with van der Waals surface area (Å²) < 4.78 is 0. The Labute approximate surface area is 121 Å². The molecule has 5 heteroatoms. The standard InChI is InChI=1S/C15H11ClN2O2/c16-14(19)15(20)18(13-9-5-2-6-10-13)17-11-12-7-3-1-4-8-12/h1-11H. The van der Waals surface area contributed by atoms with E-state index in [1.54, 1.807) is 30.3 Å². The van der Waals surface area contributed by atoms with Gasteiger partial charge in [-0.15, -0.1) is 0 Å². The van der Waals surface area contributed by atoms with Crippen molar-refractivity contribution in [2.24, 2.45) is 5.10 Å². The Balaban J connectivity index is 2.31. The first-order valence-electron chi connectivity index (χ1n) is 5.86. The quantitative estimate of drug-likeness (QED) is 0.375. The molecule has 100 valence electrons. The SMILES string of the molecule is O=C(Cl)C(=O)N(N=Cc1ccccc1)c1ccccc1. The number of nitrogens with zero attached hydrogens (tertiary/aromatic N) is 2. The van der Waals surface area contributed by atoms with Crippen LogP contribution in [0.25, 0.3) is 0 Å². The number of para-hydroxylation sites is 1. The Bertz CT molecular complexity index is 627. The van der Waals surface area contributed by atoms with Crippen molar-refractivity contribution in [3.8, 4) is 0 Å². The zero-order valence-electron chi connectivity index (χ0n) is 10.4. The maximum Gasteiger partial charge on any atom is 0.331 e. The van der Waals surface area contributed by atoms with E-state index in [0.717, 1.165) is 10.6 Å². The first kappa shape index (κ1) is 14.0. The van der Waals surface area contributed by atoms with E-state index in [1.165, 1.54) is 6.21 Å². The molecule has 0 heterocycles. The fourth-order valence-corrected chi connectivity index (χ4v) is 1.63. The summed E-state index contributed by atoms with van der Waals surface area (Å²) >= 11 is 5.25. The number of rotatable bonds is 4. The monoisotopic (exact) mass is 286 g/mol. The van der Waals surface area contributed by atoms with Crippen LogP contribution in [-0.2, 0) is 9.59 Å². The molecule has 0 atom stereocenters. The number of amides is 1. The summed E-state index contributed by atoms with van der Waals surface area (Å²) in [6.45, 7) is 0. The molecular formula is C15H11ClN2O2. The third-order valence-corrected chi connectivity index (χ3v) is 2.64. The second kappa shape index (κ2) is 6.63. The molecule has 2 rings (SSSR count). The summed E-state index contributed by atoms with van der Waals surface area (Å²) in [7, 11) is 0. The number of hydrazone groups is 1. The number of anilines is 1. The normalized spacial score (nSPS) is 10.4. The summed E-state index contributed by atoms with van der Waals surface area (Å²) in [6.07, 6.45) is 1.49. The Kier molecular flexibility index (Phi) is 4.63. The van der Waals surface area contributed by atoms with Crippen molar-refractivity contribution >= 4 is 34.7 Å². The predicted molar refractivity (Wildman–Crippen MR) is 78.8 cm³/mol. The van der Waals surface area contributed by atoms with Crippen LogP contribution >= 0.6 is 11.6 Å². The lowest BCUT2D eigenvalue weighted by Gasteiger charge is -2.14. The van der Waals surface area contributed by atoms with Gasteiger partial charge in [-0.2, -0.15) is 10.1 Å². The van der Waals surface area contributed by atoms with Crippen LogP contribution in [0.4, 0.5) is 5.69 Å². The van der Waals surface area contributed by atoms with Gasteiger partial charge in [-0.3, -0.25) is 9.59 Å². The highest BCUT2D eigenvalue weighted by Gasteiger charge is 2.20. The molecule has 0 saturated carbocycles. The maximum absolute atomic E-state index is 11.8. The number of halogens is 1. The van der Waals surface area contributed by atoms with E-state index in [4.69, 9.17) is 11.6 Å². The lowest BCUT2D eigenvalue weighted by molar-refractivity contribution is -0.131. The van der Waals surface area contributed by atoms with Crippen LogP contribution in [0.5, 0.6) is 0 Å². The van der Waals surface area contributed by atoms with Crippen LogP contribution in [0.1, 0.15) is 5.56 Å². The van der Waals surface area contributed by atoms with Gasteiger partial charge in [0.15, 0.2) is 0 Å². The van der Waals surface area contributed by atoms with Crippen LogP contribution in [0.15, 0.2) is 65.8 Å². The topological polar surface area (TPSA) is 49.7 Å². The Morgan fingerprint density at radius 2 is 1.50 bits per heavy atom. The minimum Gasteiger partial charge on any atom is -0.270 e. The van der Waals surface area contributed by atoms with Crippen molar-refractivity contribution in [3.63, 3.8) is 0 Å². The van der Waals surface area contributed by atoms with Gasteiger partial charge in [0.05, 0.1) is 11.9 Å². The molecule has 20 heavy (non-hydrogen) atoms. The molecule has 0 aromatic heterocycles. The number of hydrogen-bond acceptors (Lipinski definition) is 3. The van der Waals surface area contributed by atoms with Gasteiger partial charge in [0.1, 0.15) is 0 Å². The number of hydrogen-bond donors (Lipinski definition) is 0. The summed E-state index contributed by atoms with van der Waals surface area (Å²) in [5.41, 5.74) is 1.28. The maximum atomic E-state index is 11.8. The van der Waals surface area contributed by atoms with Crippen molar-refractivity contribution in [2.45, 2.75) is 0 Å². The van der Waals surface area contributed by atoms with Crippen molar-refractivity contribution < 1.29 is 9.59 Å². The summed E-state index contributed by atoms with van der Waals surface area (Å²) in [5, 5.41) is 3.93. The molecule has 1 amide bonds. The zero-order valence-corrected chi connectivity index (χ0v) is 11.2. The van der Waals surface area contributed by atoms with Gasteiger partial charge < -0.3 is 0 Å². The molecule has 2 aromatic rings. The first-order valence-corrected chi connectivity index (χ1v) is 6.24. The molecule has 0 fully saturated rings. The molecule has 0 bridgehead atoms. The molecular weight excluding hydrogens is 276 g/mol. The van der Waals surface area contributed by atoms with E-state index >= 15 is 0 Å². The molecule has 0 saturated heterocycles. The lowest BCUT2D eigenvalue weighted by atomic mass is 10.2.